The van der Waals surface area contributed by atoms with Crippen LogP contribution in [0.2, 0.25) is 0 Å². The summed E-state index contributed by atoms with van der Waals surface area (Å²) in [6.45, 7) is 5.44. The van der Waals surface area contributed by atoms with Gasteiger partial charge in [-0.1, -0.05) is 0 Å². The van der Waals surface area contributed by atoms with Gasteiger partial charge in [-0.25, -0.2) is 9.78 Å². The summed E-state index contributed by atoms with van der Waals surface area (Å²) in [6.07, 6.45) is 1.50. The third kappa shape index (κ3) is 10.0. The van der Waals surface area contributed by atoms with Crippen molar-refractivity contribution in [1.82, 2.24) is 15.3 Å². The first kappa shape index (κ1) is 22.2. The van der Waals surface area contributed by atoms with Crippen LogP contribution in [0, 0.1) is 10.1 Å². The highest BCUT2D eigenvalue weighted by molar-refractivity contribution is 7.13. The Kier molecular flexibility index (Phi) is 8.51. The molecule has 2 amide bonds. The lowest BCUT2D eigenvalue weighted by Gasteiger charge is -2.23. The van der Waals surface area contributed by atoms with E-state index in [-0.39, 0.29) is 6.42 Å². The highest BCUT2D eigenvalue weighted by Crippen LogP contribution is 2.13. The Balaban J connectivity index is 2.64. The summed E-state index contributed by atoms with van der Waals surface area (Å²) in [7, 11) is 1.51. The van der Waals surface area contributed by atoms with Crippen LogP contribution in [0.1, 0.15) is 33.6 Å². The molecule has 150 valence electrons. The molecule has 27 heavy (non-hydrogen) atoms. The van der Waals surface area contributed by atoms with Crippen molar-refractivity contribution in [3.8, 4) is 0 Å². The van der Waals surface area contributed by atoms with Crippen LogP contribution < -0.4 is 10.6 Å². The number of hydrogen-bond donors (Lipinski definition) is 2. The zero-order chi connectivity index (χ0) is 20.4. The van der Waals surface area contributed by atoms with Crippen molar-refractivity contribution in [2.45, 2.75) is 45.3 Å². The predicted molar refractivity (Wildman–Crippen MR) is 97.6 cm³/mol. The number of nitrogens with zero attached hydrogens (tertiary/aromatic N) is 5. The van der Waals surface area contributed by atoms with Crippen LogP contribution in [0.25, 0.3) is 0 Å². The average Bonchev–Trinajstić information content (AvgIpc) is 3.03. The molecule has 0 unspecified atom stereocenters. The van der Waals surface area contributed by atoms with Crippen molar-refractivity contribution in [2.24, 2.45) is 10.4 Å². The quantitative estimate of drug-likeness (QED) is 0.366. The molecule has 0 bridgehead atoms. The van der Waals surface area contributed by atoms with Crippen molar-refractivity contribution in [3.05, 3.63) is 21.7 Å². The number of anilines is 1. The van der Waals surface area contributed by atoms with Gasteiger partial charge in [0.1, 0.15) is 11.6 Å². The first-order valence-corrected chi connectivity index (χ1v) is 8.92. The van der Waals surface area contributed by atoms with Crippen LogP contribution in [0.15, 0.2) is 22.0 Å². The maximum atomic E-state index is 12.4. The lowest BCUT2D eigenvalue weighted by Crippen LogP contribution is -2.46. The molecule has 0 aliphatic rings. The number of rotatable bonds is 9. The molecule has 0 radical (unpaired) electrons. The lowest BCUT2D eigenvalue weighted by molar-refractivity contribution is -0.496. The number of alkyl carbamates (subject to hydrolysis) is 1. The fourth-order valence-electron chi connectivity index (χ4n) is 1.87. The summed E-state index contributed by atoms with van der Waals surface area (Å²) in [5, 5.41) is 24.0. The van der Waals surface area contributed by atoms with Gasteiger partial charge in [-0.3, -0.25) is 4.79 Å². The number of ether oxygens (including phenoxy) is 1. The minimum absolute atomic E-state index is 0.259. The molecule has 13 heteroatoms. The minimum atomic E-state index is -0.912. The monoisotopic (exact) mass is 401 g/mol. The SMILES string of the molecule is CN(CCC[C@H](NC(=O)OC(C)(C)C)C(=O)Nc1nccs1)N=N[N+](=O)[O-]. The van der Waals surface area contributed by atoms with E-state index in [1.165, 1.54) is 23.4 Å². The largest absolute Gasteiger partial charge is 0.444 e. The molecule has 1 rings (SSSR count). The fourth-order valence-corrected chi connectivity index (χ4v) is 2.40. The summed E-state index contributed by atoms with van der Waals surface area (Å²) >= 11 is 1.25. The number of thiazole rings is 1. The van der Waals surface area contributed by atoms with Crippen molar-refractivity contribution >= 4 is 28.5 Å². The van der Waals surface area contributed by atoms with E-state index >= 15 is 0 Å². The molecule has 1 atom stereocenters. The van der Waals surface area contributed by atoms with Crippen LogP contribution in [-0.2, 0) is 9.53 Å². The van der Waals surface area contributed by atoms with E-state index in [2.05, 4.69) is 26.1 Å². The van der Waals surface area contributed by atoms with Gasteiger partial charge in [0, 0.05) is 18.6 Å². The molecule has 0 aliphatic heterocycles. The van der Waals surface area contributed by atoms with Gasteiger partial charge in [0.05, 0.1) is 11.6 Å². The van der Waals surface area contributed by atoms with Crippen LogP contribution in [-0.4, -0.2) is 52.3 Å². The number of carbonyl (C=O) groups is 2. The lowest BCUT2D eigenvalue weighted by atomic mass is 10.1. The molecule has 1 heterocycles. The molecule has 0 aliphatic carbocycles. The van der Waals surface area contributed by atoms with E-state index in [0.717, 1.165) is 0 Å². The van der Waals surface area contributed by atoms with Gasteiger partial charge in [0.15, 0.2) is 10.4 Å². The van der Waals surface area contributed by atoms with E-state index in [1.54, 1.807) is 32.3 Å². The first-order valence-electron chi connectivity index (χ1n) is 8.04. The molecule has 0 saturated carbocycles. The number of nitrogens with one attached hydrogen (secondary N) is 2. The molecular weight excluding hydrogens is 378 g/mol. The summed E-state index contributed by atoms with van der Waals surface area (Å²) < 4.78 is 5.18. The van der Waals surface area contributed by atoms with Crippen LogP contribution in [0.5, 0.6) is 0 Å². The summed E-state index contributed by atoms with van der Waals surface area (Å²) in [5.74, 6) is -0.439. The molecule has 0 aromatic carbocycles. The predicted octanol–water partition coefficient (Wildman–Crippen LogP) is 2.25. The maximum absolute atomic E-state index is 12.4. The van der Waals surface area contributed by atoms with E-state index in [4.69, 9.17) is 4.74 Å². The van der Waals surface area contributed by atoms with Crippen molar-refractivity contribution in [3.63, 3.8) is 0 Å². The normalized spacial score (nSPS) is 12.4. The molecular formula is C14H23N7O5S. The Bertz CT molecular complexity index is 659. The van der Waals surface area contributed by atoms with Crippen molar-refractivity contribution in [1.29, 1.82) is 0 Å². The van der Waals surface area contributed by atoms with Gasteiger partial charge in [-0.15, -0.1) is 11.3 Å². The second-order valence-electron chi connectivity index (χ2n) is 6.47. The Labute approximate surface area is 160 Å². The molecule has 12 nitrogen and oxygen atoms in total. The number of hydrogen-bond acceptors (Lipinski definition) is 8. The van der Waals surface area contributed by atoms with Gasteiger partial charge in [-0.05, 0) is 33.6 Å². The number of aromatic nitrogens is 1. The van der Waals surface area contributed by atoms with Crippen LogP contribution in [0.4, 0.5) is 9.93 Å². The second-order valence-corrected chi connectivity index (χ2v) is 7.36. The van der Waals surface area contributed by atoms with Crippen molar-refractivity contribution in [2.75, 3.05) is 18.9 Å². The third-order valence-electron chi connectivity index (χ3n) is 2.91. The Morgan fingerprint density at radius 1 is 1.48 bits per heavy atom. The highest BCUT2D eigenvalue weighted by atomic mass is 32.1. The molecule has 0 fully saturated rings. The van der Waals surface area contributed by atoms with Gasteiger partial charge in [0.25, 0.3) is 0 Å². The average molecular weight is 401 g/mol. The zero-order valence-electron chi connectivity index (χ0n) is 15.5. The second kappa shape index (κ2) is 10.4. The van der Waals surface area contributed by atoms with Gasteiger partial charge in [-0.2, -0.15) is 5.01 Å². The van der Waals surface area contributed by atoms with E-state index in [9.17, 15) is 19.7 Å². The fraction of sp³-hybridized carbons (Fsp3) is 0.643. The van der Waals surface area contributed by atoms with Crippen LogP contribution >= 0.6 is 11.3 Å². The minimum Gasteiger partial charge on any atom is -0.444 e. The molecule has 0 saturated heterocycles. The zero-order valence-corrected chi connectivity index (χ0v) is 16.4. The summed E-state index contributed by atoms with van der Waals surface area (Å²) in [6, 6.07) is -0.871. The van der Waals surface area contributed by atoms with Crippen molar-refractivity contribution < 1.29 is 19.4 Å². The third-order valence-corrected chi connectivity index (χ3v) is 3.60. The maximum Gasteiger partial charge on any atom is 0.408 e. The summed E-state index contributed by atoms with van der Waals surface area (Å²) in [4.78, 5) is 38.6. The molecule has 1 aromatic rings. The number of carbonyl (C=O) groups excluding carboxylic acids is 2. The number of nitro groups is 1. The first-order chi connectivity index (χ1) is 12.6. The Morgan fingerprint density at radius 3 is 2.74 bits per heavy atom. The topological polar surface area (TPSA) is 151 Å². The molecule has 1 aromatic heterocycles. The van der Waals surface area contributed by atoms with Crippen LogP contribution in [0.3, 0.4) is 0 Å². The standard InChI is InChI=1S/C14H23N7O5S/c1-14(2,3)26-13(23)16-10(11(22)17-12-15-7-9-27-12)6-5-8-20(4)18-19-21(24)25/h7,9-10H,5-6,8H2,1-4H3,(H,16,23)(H,15,17,22)/t10-/m0/s1. The van der Waals surface area contributed by atoms with Gasteiger partial charge < -0.3 is 25.5 Å². The van der Waals surface area contributed by atoms with Gasteiger partial charge >= 0.3 is 6.09 Å². The van der Waals surface area contributed by atoms with E-state index < -0.39 is 28.7 Å². The number of amides is 2. The summed E-state index contributed by atoms with van der Waals surface area (Å²) in [5.41, 5.74) is -0.705. The highest BCUT2D eigenvalue weighted by Gasteiger charge is 2.25. The molecule has 0 spiro atoms. The van der Waals surface area contributed by atoms with E-state index in [0.29, 0.717) is 18.1 Å². The van der Waals surface area contributed by atoms with E-state index in [1.807, 2.05) is 0 Å². The Morgan fingerprint density at radius 2 is 2.19 bits per heavy atom. The van der Waals surface area contributed by atoms with Gasteiger partial charge in [0.2, 0.25) is 11.1 Å². The smallest absolute Gasteiger partial charge is 0.408 e. The Hall–Kier alpha value is -2.83. The molecule has 2 N–H and O–H groups in total.